The van der Waals surface area contributed by atoms with Crippen LogP contribution in [0.2, 0.25) is 5.15 Å². The van der Waals surface area contributed by atoms with Crippen molar-refractivity contribution in [1.29, 1.82) is 0 Å². The molecule has 0 aliphatic rings. The van der Waals surface area contributed by atoms with Crippen molar-refractivity contribution in [3.63, 3.8) is 0 Å². The molecule has 2 amide bonds. The van der Waals surface area contributed by atoms with E-state index < -0.39 is 86.9 Å². The van der Waals surface area contributed by atoms with Crippen LogP contribution in [0.5, 0.6) is 0 Å². The topological polar surface area (TPSA) is 380 Å². The molecule has 0 spiro atoms. The van der Waals surface area contributed by atoms with Crippen molar-refractivity contribution in [1.82, 2.24) is 25.5 Å². The van der Waals surface area contributed by atoms with Gasteiger partial charge in [0, 0.05) is 38.3 Å². The number of carbonyl (C=O) groups excluding carboxylic acids is 2. The Bertz CT molecular complexity index is 1780. The molecule has 1 aromatic heterocycles. The first-order valence-corrected chi connectivity index (χ1v) is 18.9. The highest BCUT2D eigenvalue weighted by Crippen LogP contribution is 2.22. The number of aliphatic hydroxyl groups excluding tert-OH is 10. The van der Waals surface area contributed by atoms with Crippen LogP contribution < -0.4 is 27.8 Å². The number of aliphatic hydroxyl groups is 10. The van der Waals surface area contributed by atoms with Gasteiger partial charge < -0.3 is 73.6 Å². The van der Waals surface area contributed by atoms with Crippen LogP contribution in [0.1, 0.15) is 39.3 Å². The lowest BCUT2D eigenvalue weighted by Crippen LogP contribution is -2.54. The predicted octanol–water partition coefficient (Wildman–Crippen LogP) is -4.07. The van der Waals surface area contributed by atoms with Crippen LogP contribution in [-0.2, 0) is 6.42 Å². The zero-order valence-corrected chi connectivity index (χ0v) is 32.8. The molecule has 1 heterocycles. The Hall–Kier alpha value is -4.62. The van der Waals surface area contributed by atoms with Gasteiger partial charge in [0.2, 0.25) is 0 Å². The Labute approximate surface area is 344 Å². The number of aryl methyl sites for hydroxylation is 1. The molecule has 18 N–H and O–H groups in total. The summed E-state index contributed by atoms with van der Waals surface area (Å²) < 4.78 is 0. The molecular formula is C37H54ClN9O12. The lowest BCUT2D eigenvalue weighted by atomic mass is 10.0. The van der Waals surface area contributed by atoms with Crippen LogP contribution >= 0.6 is 11.6 Å². The number of hydrogen-bond donors (Lipinski definition) is 15. The summed E-state index contributed by atoms with van der Waals surface area (Å²) in [5.74, 6) is -1.60. The highest BCUT2D eigenvalue weighted by molar-refractivity contribution is 6.31. The molecular weight excluding hydrogens is 798 g/mol. The number of halogens is 1. The lowest BCUT2D eigenvalue weighted by Gasteiger charge is -2.33. The number of nitrogens with one attached hydrogen (secondary N) is 2. The number of hydrogen-bond acceptors (Lipinski definition) is 18. The predicted molar refractivity (Wildman–Crippen MR) is 216 cm³/mol. The Morgan fingerprint density at radius 1 is 0.712 bits per heavy atom. The minimum absolute atomic E-state index is 0.0704. The smallest absolute Gasteiger partial charge is 0.280 e. The fraction of sp³-hybridized carbons (Fsp3) is 0.486. The van der Waals surface area contributed by atoms with Gasteiger partial charge in [0.15, 0.2) is 28.4 Å². The largest absolute Gasteiger partial charge is 0.394 e. The summed E-state index contributed by atoms with van der Waals surface area (Å²) in [7, 11) is 0. The van der Waals surface area contributed by atoms with Crippen LogP contribution in [-0.4, -0.2) is 178 Å². The normalized spacial score (nSPS) is 16.1. The first-order chi connectivity index (χ1) is 28.0. The first kappa shape index (κ1) is 48.7. The molecule has 0 fully saturated rings. The minimum atomic E-state index is -1.94. The third-order valence-corrected chi connectivity index (χ3v) is 9.48. The van der Waals surface area contributed by atoms with Gasteiger partial charge in [-0.15, -0.1) is 0 Å². The SMILES string of the molecule is NC(=NCCCCc1ccc(-c2ccc(C(=O)NCCN(C[C@H](O)[C@@H](O)[C@H](O)[C@H](O)CO)C[C@H](O)[C@@H](O)[C@H](O)[C@H](O)CO)cc2)cc1)NC(=O)c1nc(Cl)c(N)nc1N. The summed E-state index contributed by atoms with van der Waals surface area (Å²) in [4.78, 5) is 38.4. The molecule has 0 radical (unpaired) electrons. The van der Waals surface area contributed by atoms with E-state index in [1.807, 2.05) is 24.3 Å². The second-order valence-electron chi connectivity index (χ2n) is 13.7. The van der Waals surface area contributed by atoms with Crippen molar-refractivity contribution < 1.29 is 60.7 Å². The van der Waals surface area contributed by atoms with Crippen molar-refractivity contribution in [2.24, 2.45) is 10.7 Å². The maximum Gasteiger partial charge on any atom is 0.280 e. The highest BCUT2D eigenvalue weighted by Gasteiger charge is 2.34. The zero-order chi connectivity index (χ0) is 43.8. The Kier molecular flexibility index (Phi) is 19.7. The molecule has 326 valence electrons. The lowest BCUT2D eigenvalue weighted by molar-refractivity contribution is -0.130. The van der Waals surface area contributed by atoms with E-state index in [-0.39, 0.29) is 41.5 Å². The van der Waals surface area contributed by atoms with Gasteiger partial charge in [0.25, 0.3) is 11.8 Å². The molecule has 22 heteroatoms. The van der Waals surface area contributed by atoms with E-state index in [1.165, 1.54) is 4.90 Å². The zero-order valence-electron chi connectivity index (χ0n) is 32.0. The summed E-state index contributed by atoms with van der Waals surface area (Å²) in [5.41, 5.74) is 20.0. The highest BCUT2D eigenvalue weighted by atomic mass is 35.5. The van der Waals surface area contributed by atoms with Crippen molar-refractivity contribution >= 4 is 41.0 Å². The molecule has 0 unspecified atom stereocenters. The summed E-state index contributed by atoms with van der Waals surface area (Å²) >= 11 is 5.82. The number of guanidine groups is 1. The average Bonchev–Trinajstić information content (AvgIpc) is 3.23. The summed E-state index contributed by atoms with van der Waals surface area (Å²) in [6, 6.07) is 14.7. The van der Waals surface area contributed by atoms with Crippen molar-refractivity contribution in [2.45, 2.75) is 68.1 Å². The van der Waals surface area contributed by atoms with Gasteiger partial charge in [0.1, 0.15) is 36.6 Å². The second-order valence-corrected chi connectivity index (χ2v) is 14.1. The van der Waals surface area contributed by atoms with Gasteiger partial charge in [-0.3, -0.25) is 24.8 Å². The van der Waals surface area contributed by atoms with Gasteiger partial charge in [-0.2, -0.15) is 0 Å². The minimum Gasteiger partial charge on any atom is -0.394 e. The molecule has 0 saturated carbocycles. The molecule has 2 aromatic carbocycles. The van der Waals surface area contributed by atoms with Crippen LogP contribution in [0.25, 0.3) is 11.1 Å². The molecule has 0 aliphatic heterocycles. The van der Waals surface area contributed by atoms with Crippen molar-refractivity contribution in [3.05, 3.63) is 70.5 Å². The number of rotatable bonds is 23. The van der Waals surface area contributed by atoms with Gasteiger partial charge in [0.05, 0.1) is 25.4 Å². The van der Waals surface area contributed by atoms with E-state index in [0.29, 0.717) is 18.5 Å². The van der Waals surface area contributed by atoms with E-state index in [1.54, 1.807) is 24.3 Å². The molecule has 3 rings (SSSR count). The Balaban J connectivity index is 1.50. The number of nitrogen functional groups attached to an aromatic ring is 2. The van der Waals surface area contributed by atoms with Gasteiger partial charge in [-0.25, -0.2) is 9.97 Å². The number of unbranched alkanes of at least 4 members (excludes halogenated alkanes) is 1. The monoisotopic (exact) mass is 851 g/mol. The Morgan fingerprint density at radius 2 is 1.22 bits per heavy atom. The maximum atomic E-state index is 13.0. The van der Waals surface area contributed by atoms with E-state index in [4.69, 9.17) is 39.0 Å². The van der Waals surface area contributed by atoms with Crippen LogP contribution in [0, 0.1) is 0 Å². The summed E-state index contributed by atoms with van der Waals surface area (Å²) in [5, 5.41) is 104. The number of benzene rings is 2. The number of anilines is 2. The van der Waals surface area contributed by atoms with E-state index >= 15 is 0 Å². The van der Waals surface area contributed by atoms with Crippen LogP contribution in [0.15, 0.2) is 53.5 Å². The van der Waals surface area contributed by atoms with Gasteiger partial charge in [-0.1, -0.05) is 48.0 Å². The number of nitrogens with two attached hydrogens (primary N) is 3. The van der Waals surface area contributed by atoms with E-state index in [0.717, 1.165) is 29.5 Å². The molecule has 0 bridgehead atoms. The van der Waals surface area contributed by atoms with Crippen LogP contribution in [0.3, 0.4) is 0 Å². The number of aromatic nitrogens is 2. The molecule has 8 atom stereocenters. The third kappa shape index (κ3) is 14.9. The van der Waals surface area contributed by atoms with Crippen LogP contribution in [0.4, 0.5) is 11.6 Å². The standard InChI is InChI=1S/C37H54ClN9O12/c38-32-34(40)45-33(39)27(44-32)36(59)46-37(41)43-12-2-1-3-19-4-6-20(7-5-19)21-8-10-22(11-9-21)35(58)42-13-14-47(15-23(50)28(54)30(56)25(52)17-48)16-24(51)29(55)31(57)26(53)18-49/h4-11,23-26,28-31,48-57H,1-3,12-18H2,(H,42,58)(H4,39,40,45)(H3,41,43,46,59)/t23-,24-,25+,26+,28+,29+,30+,31+/m0/s1. The van der Waals surface area contributed by atoms with Crippen molar-refractivity contribution in [2.75, 3.05) is 57.4 Å². The molecule has 0 saturated heterocycles. The fourth-order valence-electron chi connectivity index (χ4n) is 5.70. The summed E-state index contributed by atoms with van der Waals surface area (Å²) in [6.07, 6.45) is -12.5. The second kappa shape index (κ2) is 23.8. The Morgan fingerprint density at radius 3 is 1.75 bits per heavy atom. The van der Waals surface area contributed by atoms with E-state index in [9.17, 15) is 50.4 Å². The number of amides is 2. The van der Waals surface area contributed by atoms with Gasteiger partial charge >= 0.3 is 0 Å². The molecule has 3 aromatic rings. The average molecular weight is 852 g/mol. The number of aliphatic imine (C=N–C) groups is 1. The molecule has 0 aliphatic carbocycles. The van der Waals surface area contributed by atoms with E-state index in [2.05, 4.69) is 25.6 Å². The van der Waals surface area contributed by atoms with Crippen molar-refractivity contribution in [3.8, 4) is 11.1 Å². The first-order valence-electron chi connectivity index (χ1n) is 18.5. The number of carbonyl (C=O) groups is 2. The maximum absolute atomic E-state index is 13.0. The summed E-state index contributed by atoms with van der Waals surface area (Å²) in [6.45, 7) is -2.54. The quantitative estimate of drug-likeness (QED) is 0.0245. The molecule has 21 nitrogen and oxygen atoms in total. The third-order valence-electron chi connectivity index (χ3n) is 9.21. The number of nitrogens with zero attached hydrogens (tertiary/aromatic N) is 4. The van der Waals surface area contributed by atoms with Gasteiger partial charge in [-0.05, 0) is 48.1 Å². The fourth-order valence-corrected chi connectivity index (χ4v) is 5.83. The molecule has 59 heavy (non-hydrogen) atoms.